The smallest absolute Gasteiger partial charge is 0.493 e. The summed E-state index contributed by atoms with van der Waals surface area (Å²) in [4.78, 5) is 15.4. The summed E-state index contributed by atoms with van der Waals surface area (Å²) >= 11 is 0. The first kappa shape index (κ1) is 22.3. The number of alkyl halides is 3. The van der Waals surface area contributed by atoms with Crippen LogP contribution in [0.2, 0.25) is 0 Å². The highest BCUT2D eigenvalue weighted by Crippen LogP contribution is 2.37. The lowest BCUT2D eigenvalue weighted by molar-refractivity contribution is -0.274. The van der Waals surface area contributed by atoms with Gasteiger partial charge >= 0.3 is 12.3 Å². The quantitative estimate of drug-likeness (QED) is 0.436. The first-order valence-corrected chi connectivity index (χ1v) is 10.1. The Labute approximate surface area is 187 Å². The molecule has 3 N–H and O–H groups in total. The lowest BCUT2D eigenvalue weighted by Gasteiger charge is -2.27. The molecule has 7 nitrogen and oxygen atoms in total. The fourth-order valence-corrected chi connectivity index (χ4v) is 3.61. The van der Waals surface area contributed by atoms with Gasteiger partial charge in [-0.05, 0) is 48.4 Å². The van der Waals surface area contributed by atoms with Crippen molar-refractivity contribution in [2.45, 2.75) is 18.7 Å². The summed E-state index contributed by atoms with van der Waals surface area (Å²) in [7, 11) is 0. The molecule has 1 aliphatic rings. The van der Waals surface area contributed by atoms with Crippen molar-refractivity contribution in [3.05, 3.63) is 72.1 Å². The van der Waals surface area contributed by atoms with Gasteiger partial charge in [0.1, 0.15) is 11.5 Å². The van der Waals surface area contributed by atoms with E-state index >= 15 is 0 Å². The Bertz CT molecular complexity index is 1140. The van der Waals surface area contributed by atoms with Gasteiger partial charge < -0.3 is 25.2 Å². The molecule has 0 amide bonds. The molecule has 0 bridgehead atoms. The van der Waals surface area contributed by atoms with E-state index in [9.17, 15) is 23.1 Å². The van der Waals surface area contributed by atoms with Crippen LogP contribution in [0.1, 0.15) is 28.3 Å². The number of ether oxygens (including phenoxy) is 2. The van der Waals surface area contributed by atoms with E-state index < -0.39 is 12.3 Å². The zero-order valence-corrected chi connectivity index (χ0v) is 17.2. The van der Waals surface area contributed by atoms with Crippen molar-refractivity contribution >= 4 is 23.0 Å². The van der Waals surface area contributed by atoms with Gasteiger partial charge in [0.15, 0.2) is 0 Å². The topological polar surface area (TPSA) is 92.7 Å². The van der Waals surface area contributed by atoms with E-state index in [2.05, 4.69) is 20.4 Å². The molecule has 4 rings (SSSR count). The largest absolute Gasteiger partial charge is 0.573 e. The number of fused-ring (bicyclic) bond motifs is 1. The minimum Gasteiger partial charge on any atom is -0.493 e. The lowest BCUT2D eigenvalue weighted by atomic mass is 9.92. The minimum absolute atomic E-state index is 0.100. The van der Waals surface area contributed by atoms with E-state index in [1.165, 1.54) is 42.7 Å². The van der Waals surface area contributed by atoms with Gasteiger partial charge in [-0.15, -0.1) is 13.2 Å². The fraction of sp³-hybridized carbons (Fsp3) is 0.217. The van der Waals surface area contributed by atoms with Gasteiger partial charge in [0.05, 0.1) is 24.1 Å². The summed E-state index contributed by atoms with van der Waals surface area (Å²) in [6.45, 7) is 1.01. The van der Waals surface area contributed by atoms with Gasteiger partial charge in [0.25, 0.3) is 0 Å². The predicted molar refractivity (Wildman–Crippen MR) is 115 cm³/mol. The van der Waals surface area contributed by atoms with Crippen LogP contribution in [-0.2, 0) is 0 Å². The molecule has 1 aromatic heterocycles. The average Bonchev–Trinajstić information content (AvgIpc) is 2.78. The average molecular weight is 459 g/mol. The standard InChI is InChI=1S/C23H20F3N3O4/c24-23(25,26)33-17-4-1-15(2-5-17)29-16-3-6-18-14(8-10-32-21(18)11-16)12-28-20-13-27-9-7-19(20)22(30)31/h1-7,9,11,13-14,28-29H,8,10,12H2,(H,30,31)/t14-/m0/s1. The Morgan fingerprint density at radius 3 is 2.64 bits per heavy atom. The van der Waals surface area contributed by atoms with Gasteiger partial charge in [0.2, 0.25) is 0 Å². The molecule has 3 aromatic rings. The van der Waals surface area contributed by atoms with Crippen LogP contribution < -0.4 is 20.1 Å². The predicted octanol–water partition coefficient (Wildman–Crippen LogP) is 5.40. The number of benzene rings is 2. The lowest BCUT2D eigenvalue weighted by Crippen LogP contribution is -2.21. The Morgan fingerprint density at radius 1 is 1.15 bits per heavy atom. The molecule has 172 valence electrons. The van der Waals surface area contributed by atoms with Gasteiger partial charge in [-0.25, -0.2) is 4.79 Å². The molecule has 0 unspecified atom stereocenters. The fourth-order valence-electron chi connectivity index (χ4n) is 3.61. The molecule has 0 saturated carbocycles. The monoisotopic (exact) mass is 459 g/mol. The summed E-state index contributed by atoms with van der Waals surface area (Å²) in [6.07, 6.45) is -1.05. The Hall–Kier alpha value is -3.95. The molecule has 0 aliphatic carbocycles. The minimum atomic E-state index is -4.73. The van der Waals surface area contributed by atoms with Crippen molar-refractivity contribution in [2.75, 3.05) is 23.8 Å². The van der Waals surface area contributed by atoms with Crippen LogP contribution in [0.5, 0.6) is 11.5 Å². The van der Waals surface area contributed by atoms with Crippen LogP contribution in [-0.4, -0.2) is 35.6 Å². The number of nitrogens with zero attached hydrogens (tertiary/aromatic N) is 1. The van der Waals surface area contributed by atoms with E-state index in [1.807, 2.05) is 18.2 Å². The number of carbonyl (C=O) groups is 1. The second kappa shape index (κ2) is 9.27. The van der Waals surface area contributed by atoms with Crippen LogP contribution in [0.15, 0.2) is 60.9 Å². The molecule has 1 atom stereocenters. The third-order valence-electron chi connectivity index (χ3n) is 5.14. The molecular formula is C23H20F3N3O4. The molecule has 10 heteroatoms. The van der Waals surface area contributed by atoms with Crippen LogP contribution in [0, 0.1) is 0 Å². The first-order valence-electron chi connectivity index (χ1n) is 10.1. The SMILES string of the molecule is O=C(O)c1ccncc1NC[C@@H]1CCOc2cc(Nc3ccc(OC(F)(F)F)cc3)ccc21. The van der Waals surface area contributed by atoms with Crippen molar-refractivity contribution in [1.82, 2.24) is 4.98 Å². The highest BCUT2D eigenvalue weighted by Gasteiger charge is 2.31. The number of aromatic carboxylic acids is 1. The van der Waals surface area contributed by atoms with Crippen molar-refractivity contribution in [1.29, 1.82) is 0 Å². The normalized spacial score (nSPS) is 15.2. The number of halogens is 3. The summed E-state index contributed by atoms with van der Waals surface area (Å²) in [5, 5.41) is 15.6. The second-order valence-electron chi connectivity index (χ2n) is 7.39. The van der Waals surface area contributed by atoms with Crippen molar-refractivity contribution in [2.24, 2.45) is 0 Å². The van der Waals surface area contributed by atoms with Crippen LogP contribution >= 0.6 is 0 Å². The van der Waals surface area contributed by atoms with Gasteiger partial charge in [-0.2, -0.15) is 0 Å². The Kier molecular flexibility index (Phi) is 6.25. The van der Waals surface area contributed by atoms with Gasteiger partial charge in [0, 0.05) is 36.1 Å². The van der Waals surface area contributed by atoms with Gasteiger partial charge in [-0.1, -0.05) is 6.07 Å². The number of pyridine rings is 1. The number of aromatic nitrogens is 1. The van der Waals surface area contributed by atoms with Crippen molar-refractivity contribution in [3.8, 4) is 11.5 Å². The Morgan fingerprint density at radius 2 is 1.91 bits per heavy atom. The number of hydrogen-bond acceptors (Lipinski definition) is 6. The summed E-state index contributed by atoms with van der Waals surface area (Å²) in [5.41, 5.74) is 2.90. The first-order chi connectivity index (χ1) is 15.8. The van der Waals surface area contributed by atoms with E-state index in [1.54, 1.807) is 0 Å². The third kappa shape index (κ3) is 5.65. The van der Waals surface area contributed by atoms with Crippen molar-refractivity contribution in [3.63, 3.8) is 0 Å². The molecule has 2 aromatic carbocycles. The number of carboxylic acids is 1. The van der Waals surface area contributed by atoms with E-state index in [0.717, 1.165) is 12.0 Å². The molecule has 33 heavy (non-hydrogen) atoms. The summed E-state index contributed by atoms with van der Waals surface area (Å²) in [5.74, 6) is -0.527. The van der Waals surface area contributed by atoms with E-state index in [4.69, 9.17) is 4.74 Å². The maximum atomic E-state index is 12.3. The maximum Gasteiger partial charge on any atom is 0.573 e. The summed E-state index contributed by atoms with van der Waals surface area (Å²) < 4.78 is 46.6. The highest BCUT2D eigenvalue weighted by molar-refractivity contribution is 5.93. The van der Waals surface area contributed by atoms with Gasteiger partial charge in [-0.3, -0.25) is 4.98 Å². The molecule has 0 spiro atoms. The van der Waals surface area contributed by atoms with E-state index in [-0.39, 0.29) is 17.2 Å². The third-order valence-corrected chi connectivity index (χ3v) is 5.14. The summed E-state index contributed by atoms with van der Waals surface area (Å²) in [6, 6.07) is 12.5. The number of anilines is 3. The zero-order chi connectivity index (χ0) is 23.4. The number of carboxylic acid groups (broad SMARTS) is 1. The van der Waals surface area contributed by atoms with Crippen LogP contribution in [0.25, 0.3) is 0 Å². The number of hydrogen-bond donors (Lipinski definition) is 3. The molecule has 1 aliphatic heterocycles. The molecular weight excluding hydrogens is 439 g/mol. The van der Waals surface area contributed by atoms with Crippen LogP contribution in [0.3, 0.4) is 0 Å². The van der Waals surface area contributed by atoms with Crippen molar-refractivity contribution < 1.29 is 32.5 Å². The molecule has 0 fully saturated rings. The Balaban J connectivity index is 1.43. The maximum absolute atomic E-state index is 12.3. The van der Waals surface area contributed by atoms with Crippen LogP contribution in [0.4, 0.5) is 30.2 Å². The molecule has 0 saturated heterocycles. The van der Waals surface area contributed by atoms with E-state index in [0.29, 0.717) is 36.0 Å². The zero-order valence-electron chi connectivity index (χ0n) is 17.2. The number of nitrogens with one attached hydrogen (secondary N) is 2. The number of rotatable bonds is 7. The second-order valence-corrected chi connectivity index (χ2v) is 7.39. The molecule has 0 radical (unpaired) electrons. The highest BCUT2D eigenvalue weighted by atomic mass is 19.4. The molecule has 2 heterocycles.